The lowest BCUT2D eigenvalue weighted by atomic mass is 10.0. The molecule has 42 heavy (non-hydrogen) atoms. The molecule has 5 rings (SSSR count). The number of rotatable bonds is 0. The molecule has 2 heteroatoms. The van der Waals surface area contributed by atoms with Crippen molar-refractivity contribution >= 4 is 11.4 Å². The highest BCUT2D eigenvalue weighted by Crippen LogP contribution is 2.32. The smallest absolute Gasteiger partial charge is 0.0400 e. The minimum Gasteiger partial charge on any atom is -0.371 e. The summed E-state index contributed by atoms with van der Waals surface area (Å²) in [4.78, 5) is 5.57. The molecule has 1 aromatic carbocycles. The van der Waals surface area contributed by atoms with E-state index in [1.807, 2.05) is 0 Å². The van der Waals surface area contributed by atoms with E-state index in [2.05, 4.69) is 35.8 Å². The number of anilines is 2. The summed E-state index contributed by atoms with van der Waals surface area (Å²) < 4.78 is 0. The van der Waals surface area contributed by atoms with Crippen LogP contribution in [0.1, 0.15) is 191 Å². The molecule has 0 radical (unpaired) electrons. The van der Waals surface area contributed by atoms with Gasteiger partial charge in [-0.3, -0.25) is 0 Å². The van der Waals surface area contributed by atoms with Crippen molar-refractivity contribution in [3.05, 3.63) is 23.3 Å². The van der Waals surface area contributed by atoms with Crippen molar-refractivity contribution in [3.63, 3.8) is 0 Å². The summed E-state index contributed by atoms with van der Waals surface area (Å²) in [5, 5.41) is 0. The first-order chi connectivity index (χ1) is 20.8. The molecule has 2 nitrogen and oxygen atoms in total. The van der Waals surface area contributed by atoms with Crippen LogP contribution < -0.4 is 9.80 Å². The fourth-order valence-electron chi connectivity index (χ4n) is 7.64. The van der Waals surface area contributed by atoms with Gasteiger partial charge in [-0.05, 0) is 62.8 Å². The summed E-state index contributed by atoms with van der Waals surface area (Å²) in [6, 6.07) is 5.03. The summed E-state index contributed by atoms with van der Waals surface area (Å²) in [6.07, 6.45) is 40.1. The van der Waals surface area contributed by atoms with Crippen molar-refractivity contribution in [3.8, 4) is 0 Å². The monoisotopic (exact) mass is 581 g/mol. The fraction of sp³-hybridized carbons (Fsp3) is 0.850. The first-order valence-corrected chi connectivity index (χ1v) is 19.4. The van der Waals surface area contributed by atoms with Gasteiger partial charge in [-0.2, -0.15) is 0 Å². The Balaban J connectivity index is 1.73. The topological polar surface area (TPSA) is 6.48 Å². The molecule has 4 heterocycles. The molecule has 4 bridgehead atoms. The van der Waals surface area contributed by atoms with Gasteiger partial charge in [0, 0.05) is 37.6 Å². The lowest BCUT2D eigenvalue weighted by molar-refractivity contribution is 0.522. The highest BCUT2D eigenvalue weighted by Gasteiger charge is 2.16. The minimum absolute atomic E-state index is 1.24. The van der Waals surface area contributed by atoms with Crippen LogP contribution in [0.2, 0.25) is 0 Å². The molecule has 1 aromatic rings. The summed E-state index contributed by atoms with van der Waals surface area (Å²) in [6.45, 7) is 9.81. The van der Waals surface area contributed by atoms with Crippen LogP contribution in [-0.4, -0.2) is 26.2 Å². The van der Waals surface area contributed by atoms with Crippen molar-refractivity contribution in [1.29, 1.82) is 0 Å². The predicted octanol–water partition coefficient (Wildman–Crippen LogP) is 12.9. The van der Waals surface area contributed by atoms with Crippen LogP contribution in [-0.2, 0) is 0 Å². The summed E-state index contributed by atoms with van der Waals surface area (Å²) in [5.41, 5.74) is 6.14. The molecule has 0 amide bonds. The molecule has 0 aliphatic carbocycles. The Hall–Kier alpha value is -1.18. The summed E-state index contributed by atoms with van der Waals surface area (Å²) in [5.74, 6) is 0. The first-order valence-electron chi connectivity index (χ1n) is 19.4. The third-order valence-electron chi connectivity index (χ3n) is 10.6. The molecule has 4 aliphatic rings. The quantitative estimate of drug-likeness (QED) is 0.301. The molecule has 0 aromatic heterocycles. The highest BCUT2D eigenvalue weighted by molar-refractivity contribution is 5.67. The third kappa shape index (κ3) is 14.5. The van der Waals surface area contributed by atoms with Gasteiger partial charge in [-0.25, -0.2) is 0 Å². The van der Waals surface area contributed by atoms with Gasteiger partial charge >= 0.3 is 0 Å². The SMILES string of the molecule is Cc1c2ccc(c1C)N1CCCCCCCCCCCCCCCCN2CCCCCCCCCCCCCCCC1. The van der Waals surface area contributed by atoms with E-state index in [1.54, 1.807) is 11.1 Å². The van der Waals surface area contributed by atoms with E-state index < -0.39 is 0 Å². The molecule has 0 unspecified atom stereocenters. The Kier molecular flexibility index (Phi) is 19.5. The molecular weight excluding hydrogens is 508 g/mol. The molecular formula is C40H72N2. The van der Waals surface area contributed by atoms with Crippen LogP contribution in [0.3, 0.4) is 0 Å². The second-order valence-electron chi connectivity index (χ2n) is 14.2. The van der Waals surface area contributed by atoms with E-state index in [0.29, 0.717) is 0 Å². The van der Waals surface area contributed by atoms with Crippen molar-refractivity contribution < 1.29 is 0 Å². The largest absolute Gasteiger partial charge is 0.371 e. The van der Waals surface area contributed by atoms with Crippen LogP contribution in [0.25, 0.3) is 0 Å². The Morgan fingerprint density at radius 3 is 0.643 bits per heavy atom. The number of fused-ring (bicyclic) bond motifs is 30. The van der Waals surface area contributed by atoms with Crippen molar-refractivity contribution in [2.45, 2.75) is 194 Å². The molecule has 0 spiro atoms. The third-order valence-corrected chi connectivity index (χ3v) is 10.6. The van der Waals surface area contributed by atoms with E-state index in [9.17, 15) is 0 Å². The minimum atomic E-state index is 1.24. The van der Waals surface area contributed by atoms with Crippen molar-refractivity contribution in [2.75, 3.05) is 36.0 Å². The highest BCUT2D eigenvalue weighted by atomic mass is 15.1. The second-order valence-corrected chi connectivity index (χ2v) is 14.2. The lowest BCUT2D eigenvalue weighted by Gasteiger charge is -2.32. The average molecular weight is 581 g/mol. The maximum Gasteiger partial charge on any atom is 0.0400 e. The summed E-state index contributed by atoms with van der Waals surface area (Å²) in [7, 11) is 0. The van der Waals surface area contributed by atoms with Crippen LogP contribution in [0.15, 0.2) is 12.1 Å². The number of benzene rings is 1. The van der Waals surface area contributed by atoms with Gasteiger partial charge in [0.05, 0.1) is 0 Å². The lowest BCUT2D eigenvalue weighted by Crippen LogP contribution is -2.29. The number of nitrogens with zero attached hydrogens (tertiary/aromatic N) is 2. The van der Waals surface area contributed by atoms with Gasteiger partial charge < -0.3 is 9.80 Å². The van der Waals surface area contributed by atoms with E-state index in [0.717, 1.165) is 0 Å². The summed E-state index contributed by atoms with van der Waals surface area (Å²) >= 11 is 0. The zero-order valence-corrected chi connectivity index (χ0v) is 28.7. The fourth-order valence-corrected chi connectivity index (χ4v) is 7.64. The molecule has 0 saturated carbocycles. The maximum atomic E-state index is 2.79. The van der Waals surface area contributed by atoms with Gasteiger partial charge in [0.2, 0.25) is 0 Å². The molecule has 0 N–H and O–H groups in total. The van der Waals surface area contributed by atoms with Gasteiger partial charge in [-0.15, -0.1) is 0 Å². The van der Waals surface area contributed by atoms with Crippen LogP contribution >= 0.6 is 0 Å². The Morgan fingerprint density at radius 1 is 0.286 bits per heavy atom. The molecule has 242 valence electrons. The van der Waals surface area contributed by atoms with Gasteiger partial charge in [-0.1, -0.05) is 154 Å². The van der Waals surface area contributed by atoms with E-state index in [1.165, 1.54) is 217 Å². The van der Waals surface area contributed by atoms with Crippen molar-refractivity contribution in [2.24, 2.45) is 0 Å². The average Bonchev–Trinajstić information content (AvgIpc) is 2.99. The van der Waals surface area contributed by atoms with Crippen LogP contribution in [0, 0.1) is 13.8 Å². The number of hydrogen-bond acceptors (Lipinski definition) is 2. The van der Waals surface area contributed by atoms with Crippen LogP contribution in [0.4, 0.5) is 11.4 Å². The Labute approximate surface area is 263 Å². The molecule has 0 saturated heterocycles. The van der Waals surface area contributed by atoms with Gasteiger partial charge in [0.25, 0.3) is 0 Å². The second kappa shape index (κ2) is 23.2. The normalized spacial score (nSPS) is 22.2. The Bertz CT molecular complexity index is 685. The predicted molar refractivity (Wildman–Crippen MR) is 190 cm³/mol. The molecule has 0 fully saturated rings. The number of hydrogen-bond donors (Lipinski definition) is 0. The standard InChI is InChI=1S/C40H72N2/c1-37-38(2)40-32-31-39(37)41-33-27-23-19-15-11-7-3-5-9-13-17-21-25-29-35-42(40)36-30-26-22-18-14-10-6-4-8-12-16-20-24-28-34-41/h31-32H,3-30,33-36H2,1-2H3. The van der Waals surface area contributed by atoms with E-state index in [4.69, 9.17) is 0 Å². The van der Waals surface area contributed by atoms with Gasteiger partial charge in [0.15, 0.2) is 0 Å². The molecule has 0 atom stereocenters. The molecule has 4 aliphatic heterocycles. The first kappa shape index (κ1) is 35.3. The zero-order chi connectivity index (χ0) is 29.5. The van der Waals surface area contributed by atoms with E-state index in [-0.39, 0.29) is 0 Å². The zero-order valence-electron chi connectivity index (χ0n) is 28.7. The van der Waals surface area contributed by atoms with E-state index >= 15 is 0 Å². The van der Waals surface area contributed by atoms with Gasteiger partial charge in [0.1, 0.15) is 0 Å². The van der Waals surface area contributed by atoms with Crippen molar-refractivity contribution in [1.82, 2.24) is 0 Å². The maximum absolute atomic E-state index is 2.79. The van der Waals surface area contributed by atoms with Crippen LogP contribution in [0.5, 0.6) is 0 Å². The Morgan fingerprint density at radius 2 is 0.452 bits per heavy atom.